The highest BCUT2D eigenvalue weighted by Gasteiger charge is 2.10. The minimum Gasteiger partial charge on any atom is -0.481 e. The molecule has 1 heterocycles. The molecule has 0 spiro atoms. The van der Waals surface area contributed by atoms with Gasteiger partial charge in [-0.05, 0) is 28.1 Å². The second kappa shape index (κ2) is 5.14. The molecule has 17 heavy (non-hydrogen) atoms. The van der Waals surface area contributed by atoms with E-state index in [9.17, 15) is 4.79 Å². The maximum Gasteiger partial charge on any atom is 0.303 e. The van der Waals surface area contributed by atoms with Crippen LogP contribution in [0.2, 0.25) is 0 Å². The van der Waals surface area contributed by atoms with Gasteiger partial charge in [-0.2, -0.15) is 0 Å². The van der Waals surface area contributed by atoms with Crippen LogP contribution in [-0.4, -0.2) is 16.1 Å². The fourth-order valence-corrected chi connectivity index (χ4v) is 1.87. The predicted molar refractivity (Wildman–Crippen MR) is 65.6 cm³/mol. The second-order valence-corrected chi connectivity index (χ2v) is 4.37. The van der Waals surface area contributed by atoms with Crippen LogP contribution in [0.15, 0.2) is 39.4 Å². The number of hydrogen-bond donors (Lipinski definition) is 1. The molecule has 0 aliphatic heterocycles. The molecule has 0 saturated heterocycles. The topological polar surface area (TPSA) is 63.3 Å². The summed E-state index contributed by atoms with van der Waals surface area (Å²) in [6.07, 6.45) is 1.93. The van der Waals surface area contributed by atoms with Crippen LogP contribution < -0.4 is 0 Å². The number of hydrogen-bond acceptors (Lipinski definition) is 3. The zero-order valence-corrected chi connectivity index (χ0v) is 10.5. The number of carbonyl (C=O) groups is 1. The number of halogens is 1. The van der Waals surface area contributed by atoms with E-state index >= 15 is 0 Å². The molecule has 1 aromatic carbocycles. The van der Waals surface area contributed by atoms with Gasteiger partial charge in [-0.1, -0.05) is 12.1 Å². The Morgan fingerprint density at radius 2 is 2.18 bits per heavy atom. The largest absolute Gasteiger partial charge is 0.481 e. The molecule has 4 nitrogen and oxygen atoms in total. The third kappa shape index (κ3) is 2.94. The summed E-state index contributed by atoms with van der Waals surface area (Å²) in [5, 5.41) is 8.58. The molecular weight excluding hydrogens is 286 g/mol. The van der Waals surface area contributed by atoms with E-state index in [1.165, 1.54) is 6.26 Å². The first kappa shape index (κ1) is 11.9. The lowest BCUT2D eigenvalue weighted by molar-refractivity contribution is -0.136. The Balaban J connectivity index is 2.18. The van der Waals surface area contributed by atoms with Crippen molar-refractivity contribution >= 4 is 21.9 Å². The van der Waals surface area contributed by atoms with Crippen LogP contribution in [0.1, 0.15) is 12.1 Å². The van der Waals surface area contributed by atoms with Gasteiger partial charge in [0.25, 0.3) is 0 Å². The van der Waals surface area contributed by atoms with E-state index in [2.05, 4.69) is 20.9 Å². The Morgan fingerprint density at radius 3 is 2.88 bits per heavy atom. The van der Waals surface area contributed by atoms with Crippen molar-refractivity contribution < 1.29 is 14.3 Å². The highest BCUT2D eigenvalue weighted by molar-refractivity contribution is 9.10. The Morgan fingerprint density at radius 1 is 1.41 bits per heavy atom. The standard InChI is InChI=1S/C12H10BrNO3/c13-10-4-2-1-3-9(10)12-14-8(7-17-12)5-6-11(15)16/h1-4,7H,5-6H2,(H,15,16). The van der Waals surface area contributed by atoms with Gasteiger partial charge in [-0.15, -0.1) is 0 Å². The van der Waals surface area contributed by atoms with Gasteiger partial charge in [0, 0.05) is 10.9 Å². The monoisotopic (exact) mass is 295 g/mol. The number of aryl methyl sites for hydroxylation is 1. The van der Waals surface area contributed by atoms with Crippen LogP contribution in [-0.2, 0) is 11.2 Å². The number of carboxylic acids is 1. The van der Waals surface area contributed by atoms with Crippen LogP contribution in [0.5, 0.6) is 0 Å². The minimum absolute atomic E-state index is 0.0575. The smallest absolute Gasteiger partial charge is 0.303 e. The van der Waals surface area contributed by atoms with Gasteiger partial charge in [0.2, 0.25) is 5.89 Å². The third-order valence-corrected chi connectivity index (χ3v) is 2.94. The molecule has 0 aliphatic carbocycles. The molecule has 0 atom stereocenters. The molecule has 0 unspecified atom stereocenters. The van der Waals surface area contributed by atoms with Gasteiger partial charge in [0.05, 0.1) is 17.7 Å². The van der Waals surface area contributed by atoms with Crippen molar-refractivity contribution in [3.8, 4) is 11.5 Å². The summed E-state index contributed by atoms with van der Waals surface area (Å²) in [5.74, 6) is -0.340. The number of carboxylic acid groups (broad SMARTS) is 1. The number of oxazole rings is 1. The summed E-state index contributed by atoms with van der Waals surface area (Å²) < 4.78 is 6.22. The maximum atomic E-state index is 10.4. The molecule has 0 aliphatic rings. The number of aromatic nitrogens is 1. The Labute approximate surface area is 106 Å². The lowest BCUT2D eigenvalue weighted by atomic mass is 10.2. The van der Waals surface area contributed by atoms with Crippen molar-refractivity contribution in [3.05, 3.63) is 40.7 Å². The zero-order valence-electron chi connectivity index (χ0n) is 8.89. The van der Waals surface area contributed by atoms with Gasteiger partial charge >= 0.3 is 5.97 Å². The number of benzene rings is 1. The molecule has 2 aromatic rings. The fraction of sp³-hybridized carbons (Fsp3) is 0.167. The molecule has 0 saturated carbocycles. The van der Waals surface area contributed by atoms with Crippen LogP contribution in [0.25, 0.3) is 11.5 Å². The summed E-state index contributed by atoms with van der Waals surface area (Å²) in [7, 11) is 0. The lowest BCUT2D eigenvalue weighted by Crippen LogP contribution is -1.97. The first-order chi connectivity index (χ1) is 8.16. The van der Waals surface area contributed by atoms with Crippen LogP contribution >= 0.6 is 15.9 Å². The van der Waals surface area contributed by atoms with Crippen molar-refractivity contribution in [2.45, 2.75) is 12.8 Å². The number of rotatable bonds is 4. The van der Waals surface area contributed by atoms with E-state index in [0.29, 0.717) is 18.0 Å². The van der Waals surface area contributed by atoms with Crippen molar-refractivity contribution in [2.24, 2.45) is 0 Å². The van der Waals surface area contributed by atoms with E-state index in [0.717, 1.165) is 10.0 Å². The van der Waals surface area contributed by atoms with Crippen molar-refractivity contribution in [1.29, 1.82) is 0 Å². The van der Waals surface area contributed by atoms with Gasteiger partial charge < -0.3 is 9.52 Å². The summed E-state index contributed by atoms with van der Waals surface area (Å²) >= 11 is 3.41. The van der Waals surface area contributed by atoms with E-state index in [1.807, 2.05) is 24.3 Å². The summed E-state index contributed by atoms with van der Waals surface area (Å²) in [6, 6.07) is 7.58. The molecular formula is C12H10BrNO3. The molecule has 0 fully saturated rings. The van der Waals surface area contributed by atoms with Crippen molar-refractivity contribution in [2.75, 3.05) is 0 Å². The Kier molecular flexibility index (Phi) is 3.58. The summed E-state index contributed by atoms with van der Waals surface area (Å²) in [4.78, 5) is 14.7. The highest BCUT2D eigenvalue weighted by atomic mass is 79.9. The highest BCUT2D eigenvalue weighted by Crippen LogP contribution is 2.27. The molecule has 5 heteroatoms. The quantitative estimate of drug-likeness (QED) is 0.941. The SMILES string of the molecule is O=C(O)CCc1coc(-c2ccccc2Br)n1. The summed E-state index contributed by atoms with van der Waals surface area (Å²) in [5.41, 5.74) is 1.51. The van der Waals surface area contributed by atoms with E-state index in [-0.39, 0.29) is 6.42 Å². The minimum atomic E-state index is -0.838. The lowest BCUT2D eigenvalue weighted by Gasteiger charge is -1.97. The van der Waals surface area contributed by atoms with Gasteiger partial charge in [0.1, 0.15) is 6.26 Å². The third-order valence-electron chi connectivity index (χ3n) is 2.25. The van der Waals surface area contributed by atoms with Crippen LogP contribution in [0.4, 0.5) is 0 Å². The number of aliphatic carboxylic acids is 1. The van der Waals surface area contributed by atoms with E-state index in [4.69, 9.17) is 9.52 Å². The Hall–Kier alpha value is -1.62. The molecule has 0 bridgehead atoms. The summed E-state index contributed by atoms with van der Waals surface area (Å²) in [6.45, 7) is 0. The normalized spacial score (nSPS) is 10.4. The molecule has 2 rings (SSSR count). The molecule has 1 aromatic heterocycles. The first-order valence-corrected chi connectivity index (χ1v) is 5.87. The average Bonchev–Trinajstić information content (AvgIpc) is 2.75. The van der Waals surface area contributed by atoms with Crippen molar-refractivity contribution in [1.82, 2.24) is 4.98 Å². The Bertz CT molecular complexity index is 536. The first-order valence-electron chi connectivity index (χ1n) is 5.08. The van der Waals surface area contributed by atoms with Crippen LogP contribution in [0, 0.1) is 0 Å². The van der Waals surface area contributed by atoms with Crippen LogP contribution in [0.3, 0.4) is 0 Å². The second-order valence-electron chi connectivity index (χ2n) is 3.52. The molecule has 1 N–H and O–H groups in total. The maximum absolute atomic E-state index is 10.4. The molecule has 0 amide bonds. The van der Waals surface area contributed by atoms with E-state index < -0.39 is 5.97 Å². The van der Waals surface area contributed by atoms with Gasteiger partial charge in [0.15, 0.2) is 0 Å². The van der Waals surface area contributed by atoms with Gasteiger partial charge in [-0.3, -0.25) is 4.79 Å². The molecule has 0 radical (unpaired) electrons. The molecule has 88 valence electrons. The predicted octanol–water partition coefficient (Wildman–Crippen LogP) is 3.12. The average molecular weight is 296 g/mol. The zero-order chi connectivity index (χ0) is 12.3. The van der Waals surface area contributed by atoms with E-state index in [1.54, 1.807) is 0 Å². The number of nitrogens with zero attached hydrogens (tertiary/aromatic N) is 1. The fourth-order valence-electron chi connectivity index (χ4n) is 1.42. The van der Waals surface area contributed by atoms with Gasteiger partial charge in [-0.25, -0.2) is 4.98 Å². The van der Waals surface area contributed by atoms with Crippen molar-refractivity contribution in [3.63, 3.8) is 0 Å².